The van der Waals surface area contributed by atoms with Gasteiger partial charge >= 0.3 is 0 Å². The maximum atomic E-state index is 10.3. The van der Waals surface area contributed by atoms with E-state index in [0.29, 0.717) is 19.3 Å². The number of Topliss-reactive ketones (excluding diaryl/α,β-unsaturated/α-hetero) is 2. The minimum absolute atomic E-state index is 0. The van der Waals surface area contributed by atoms with Gasteiger partial charge in [-0.05, 0) is 20.3 Å². The molecule has 0 rings (SSSR count). The summed E-state index contributed by atoms with van der Waals surface area (Å²) in [7, 11) is 6.50. The Morgan fingerprint density at radius 3 is 0.639 bits per heavy atom. The Labute approximate surface area is 236 Å². The number of hydrogen-bond acceptors (Lipinski definition) is 4. The van der Waals surface area contributed by atoms with Gasteiger partial charge in [0.2, 0.25) is 0 Å². The van der Waals surface area contributed by atoms with E-state index in [1.165, 1.54) is 44.9 Å². The monoisotopic (exact) mass is 533 g/mol. The quantitative estimate of drug-likeness (QED) is 0.341. The summed E-state index contributed by atoms with van der Waals surface area (Å²) in [6.07, 6.45) is 10.9. The lowest BCUT2D eigenvalue weighted by atomic mass is 10.1. The molecule has 0 radical (unpaired) electrons. The molecule has 0 atom stereocenters. The summed E-state index contributed by atoms with van der Waals surface area (Å²) in [4.78, 5) is 20.6. The van der Waals surface area contributed by atoms with E-state index in [9.17, 15) is 9.59 Å². The fraction of sp³-hybridized carbons (Fsp3) is 0.938. The molecule has 0 aliphatic rings. The van der Waals surface area contributed by atoms with Gasteiger partial charge in [-0.2, -0.15) is 0 Å². The third-order valence-electron chi connectivity index (χ3n) is 1.76. The number of carbonyl (C=O) groups is 2. The molecule has 236 valence electrons. The Morgan fingerprint density at radius 1 is 0.444 bits per heavy atom. The summed E-state index contributed by atoms with van der Waals surface area (Å²) in [6, 6.07) is 0. The molecule has 0 aromatic carbocycles. The van der Waals surface area contributed by atoms with Crippen molar-refractivity contribution in [1.29, 1.82) is 0 Å². The highest BCUT2D eigenvalue weighted by Gasteiger charge is 1.95. The smallest absolute Gasteiger partial charge is 0.129 e. The lowest BCUT2D eigenvalue weighted by Crippen LogP contribution is -1.93. The van der Waals surface area contributed by atoms with Crippen molar-refractivity contribution in [3.05, 3.63) is 0 Å². The van der Waals surface area contributed by atoms with Gasteiger partial charge in [-0.15, -0.1) is 0 Å². The van der Waals surface area contributed by atoms with Crippen molar-refractivity contribution in [3.8, 4) is 0 Å². The van der Waals surface area contributed by atoms with Gasteiger partial charge in [-0.25, -0.2) is 0 Å². The summed E-state index contributed by atoms with van der Waals surface area (Å²) in [5.74, 6) is 0.326. The van der Waals surface area contributed by atoms with Crippen LogP contribution in [0.25, 0.3) is 0 Å². The van der Waals surface area contributed by atoms with Crippen LogP contribution in [-0.2, 0) is 19.1 Å². The average molecular weight is 533 g/mol. The van der Waals surface area contributed by atoms with Crippen LogP contribution in [0.4, 0.5) is 0 Å². The average Bonchev–Trinajstić information content (AvgIpc) is 2.66. The molecule has 0 N–H and O–H groups in total. The van der Waals surface area contributed by atoms with Crippen LogP contribution in [0, 0.1) is 0 Å². The van der Waals surface area contributed by atoms with Crippen LogP contribution in [0.2, 0.25) is 0 Å². The van der Waals surface area contributed by atoms with Crippen molar-refractivity contribution in [2.75, 3.05) is 28.4 Å². The van der Waals surface area contributed by atoms with E-state index in [-0.39, 0.29) is 41.3 Å². The highest BCUT2D eigenvalue weighted by Crippen LogP contribution is 1.95. The lowest BCUT2D eigenvalue weighted by molar-refractivity contribution is -0.118. The van der Waals surface area contributed by atoms with Crippen molar-refractivity contribution >= 4 is 11.6 Å². The standard InChI is InChI=1S/C7H12O2.C5H12.4C3H8.2C2H6O.4CH4/c1-6(8)4-3-5-7(2)9;1-3-5-4-2;6*1-3-2;;;;/h3-5H2,1-2H3;3-5H2,1-2H3;4*3H2,1-2H3;2*1-2H3;4*1H4. The summed E-state index contributed by atoms with van der Waals surface area (Å²) in [6.45, 7) is 24.5. The second kappa shape index (κ2) is 127. The van der Waals surface area contributed by atoms with E-state index in [1.54, 1.807) is 42.3 Å². The molecule has 0 heterocycles. The van der Waals surface area contributed by atoms with Gasteiger partial charge in [-0.3, -0.25) is 0 Å². The summed E-state index contributed by atoms with van der Waals surface area (Å²) >= 11 is 0. The van der Waals surface area contributed by atoms with Crippen LogP contribution in [-0.4, -0.2) is 40.0 Å². The first kappa shape index (κ1) is 76.5. The predicted octanol–water partition coefficient (Wildman–Crippen LogP) is 12.3. The van der Waals surface area contributed by atoms with Crippen LogP contribution in [0.1, 0.15) is 177 Å². The van der Waals surface area contributed by atoms with Crippen molar-refractivity contribution in [2.45, 2.75) is 177 Å². The Morgan fingerprint density at radius 2 is 0.583 bits per heavy atom. The van der Waals surface area contributed by atoms with Crippen molar-refractivity contribution in [3.63, 3.8) is 0 Å². The SMILES string of the molecule is C.C.C.C.CC(=O)CCCC(C)=O.CCC.CCC.CCC.CCC.CCCCC.COC.COC. The fourth-order valence-corrected chi connectivity index (χ4v) is 0.940. The first-order valence-electron chi connectivity index (χ1n) is 12.8. The Hall–Kier alpha value is -0.740. The molecule has 0 amide bonds. The summed E-state index contributed by atoms with van der Waals surface area (Å²) < 4.78 is 8.50. The number of unbranched alkanes of at least 4 members (excludes halogenated alkanes) is 2. The molecule has 4 heteroatoms. The van der Waals surface area contributed by atoms with E-state index >= 15 is 0 Å². The fourth-order valence-electron chi connectivity index (χ4n) is 0.940. The van der Waals surface area contributed by atoms with Gasteiger partial charge in [0.1, 0.15) is 11.6 Å². The molecule has 0 aromatic rings. The highest BCUT2D eigenvalue weighted by atomic mass is 16.5. The number of ether oxygens (including phenoxy) is 2. The van der Waals surface area contributed by atoms with Crippen LogP contribution in [0.15, 0.2) is 0 Å². The van der Waals surface area contributed by atoms with Crippen LogP contribution < -0.4 is 0 Å². The second-order valence-electron chi connectivity index (χ2n) is 7.26. The van der Waals surface area contributed by atoms with Gasteiger partial charge in [0.25, 0.3) is 0 Å². The molecule has 0 aromatic heterocycles. The number of ketones is 2. The lowest BCUT2D eigenvalue weighted by Gasteiger charge is -1.90. The molecule has 0 saturated heterocycles. The largest absolute Gasteiger partial charge is 0.388 e. The zero-order valence-electron chi connectivity index (χ0n) is 25.7. The maximum Gasteiger partial charge on any atom is 0.129 e. The topological polar surface area (TPSA) is 52.6 Å². The Kier molecular flexibility index (Phi) is 270. The molecular formula is C32H84O4. The Balaban J connectivity index is -0.0000000189. The predicted molar refractivity (Wildman–Crippen MR) is 177 cm³/mol. The van der Waals surface area contributed by atoms with Gasteiger partial charge in [0, 0.05) is 41.3 Å². The first-order valence-corrected chi connectivity index (χ1v) is 12.8. The van der Waals surface area contributed by atoms with E-state index in [0.717, 1.165) is 0 Å². The van der Waals surface area contributed by atoms with Crippen LogP contribution in [0.5, 0.6) is 0 Å². The van der Waals surface area contributed by atoms with Gasteiger partial charge in [0.15, 0.2) is 0 Å². The van der Waals surface area contributed by atoms with E-state index in [2.05, 4.69) is 78.7 Å². The summed E-state index contributed by atoms with van der Waals surface area (Å²) in [5, 5.41) is 0. The normalized spacial score (nSPS) is 6.44. The first-order chi connectivity index (χ1) is 15.0. The second-order valence-corrected chi connectivity index (χ2v) is 7.26. The number of carbonyl (C=O) groups excluding carboxylic acids is 2. The van der Waals surface area contributed by atoms with Crippen LogP contribution >= 0.6 is 0 Å². The molecule has 36 heavy (non-hydrogen) atoms. The number of hydrogen-bond donors (Lipinski definition) is 0. The number of methoxy groups -OCH3 is 2. The minimum atomic E-state index is 0. The van der Waals surface area contributed by atoms with Crippen molar-refractivity contribution in [2.24, 2.45) is 0 Å². The van der Waals surface area contributed by atoms with Crippen molar-refractivity contribution in [1.82, 2.24) is 0 Å². The Bertz CT molecular complexity index is 199. The molecule has 4 nitrogen and oxygen atoms in total. The highest BCUT2D eigenvalue weighted by molar-refractivity contribution is 5.78. The molecule has 0 aliphatic carbocycles. The van der Waals surface area contributed by atoms with Crippen LogP contribution in [0.3, 0.4) is 0 Å². The van der Waals surface area contributed by atoms with Crippen molar-refractivity contribution < 1.29 is 19.1 Å². The molecule has 0 bridgehead atoms. The minimum Gasteiger partial charge on any atom is -0.388 e. The zero-order valence-corrected chi connectivity index (χ0v) is 25.7. The van der Waals surface area contributed by atoms with Gasteiger partial charge in [0.05, 0.1) is 0 Å². The van der Waals surface area contributed by atoms with Gasteiger partial charge < -0.3 is 19.1 Å². The maximum absolute atomic E-state index is 10.3. The molecule has 0 saturated carbocycles. The number of rotatable bonds is 6. The van der Waals surface area contributed by atoms with E-state index < -0.39 is 0 Å². The third kappa shape index (κ3) is 657. The molecule has 0 unspecified atom stereocenters. The summed E-state index contributed by atoms with van der Waals surface area (Å²) in [5.41, 5.74) is 0. The molecular weight excluding hydrogens is 448 g/mol. The van der Waals surface area contributed by atoms with Gasteiger partial charge in [-0.1, -0.05) is 144 Å². The molecule has 0 fully saturated rings. The van der Waals surface area contributed by atoms with E-state index in [4.69, 9.17) is 0 Å². The molecule has 0 spiro atoms. The van der Waals surface area contributed by atoms with E-state index in [1.807, 2.05) is 0 Å². The zero-order chi connectivity index (χ0) is 27.6. The molecule has 0 aliphatic heterocycles. The third-order valence-corrected chi connectivity index (χ3v) is 1.76.